The van der Waals surface area contributed by atoms with Crippen LogP contribution in [-0.4, -0.2) is 11.7 Å². The molecule has 21 heavy (non-hydrogen) atoms. The highest BCUT2D eigenvalue weighted by molar-refractivity contribution is 5.24. The summed E-state index contributed by atoms with van der Waals surface area (Å²) in [6, 6.07) is 0. The van der Waals surface area contributed by atoms with E-state index in [1.54, 1.807) is 11.1 Å². The molecular weight excluding hydrogens is 256 g/mol. The molecule has 1 rings (SSSR count). The van der Waals surface area contributed by atoms with Crippen molar-refractivity contribution in [1.82, 2.24) is 0 Å². The lowest BCUT2D eigenvalue weighted by Crippen LogP contribution is -2.24. The van der Waals surface area contributed by atoms with Gasteiger partial charge in [-0.25, -0.2) is 0 Å². The van der Waals surface area contributed by atoms with Crippen molar-refractivity contribution in [2.45, 2.75) is 92.4 Å². The smallest absolute Gasteiger partial charge is 0.0433 e. The third-order valence-electron chi connectivity index (χ3n) is 5.73. The molecule has 0 aromatic carbocycles. The summed E-state index contributed by atoms with van der Waals surface area (Å²) >= 11 is 0. The Balaban J connectivity index is 2.27. The molecule has 2 unspecified atom stereocenters. The van der Waals surface area contributed by atoms with E-state index >= 15 is 0 Å². The second kappa shape index (κ2) is 8.98. The third kappa shape index (κ3) is 6.14. The van der Waals surface area contributed by atoms with Crippen LogP contribution in [0.2, 0.25) is 0 Å². The summed E-state index contributed by atoms with van der Waals surface area (Å²) in [5.74, 6) is 1.49. The zero-order valence-electron chi connectivity index (χ0n) is 15.2. The molecule has 0 spiro atoms. The van der Waals surface area contributed by atoms with Gasteiger partial charge in [-0.1, -0.05) is 64.5 Å². The van der Waals surface area contributed by atoms with Crippen LogP contribution in [0.3, 0.4) is 0 Å². The highest BCUT2D eigenvalue weighted by Crippen LogP contribution is 2.44. The second-order valence-electron chi connectivity index (χ2n) is 8.06. The van der Waals surface area contributed by atoms with E-state index in [9.17, 15) is 0 Å². The van der Waals surface area contributed by atoms with Gasteiger partial charge in [-0.2, -0.15) is 0 Å². The first-order chi connectivity index (χ1) is 9.88. The molecule has 1 nitrogen and oxygen atoms in total. The van der Waals surface area contributed by atoms with E-state index in [-0.39, 0.29) is 0 Å². The van der Waals surface area contributed by atoms with Crippen LogP contribution in [0.1, 0.15) is 92.4 Å². The van der Waals surface area contributed by atoms with Gasteiger partial charge >= 0.3 is 0 Å². The van der Waals surface area contributed by atoms with Crippen LogP contribution in [0.15, 0.2) is 11.1 Å². The summed E-state index contributed by atoms with van der Waals surface area (Å²) in [7, 11) is 0. The lowest BCUT2D eigenvalue weighted by Gasteiger charge is -2.37. The number of rotatable bonds is 9. The van der Waals surface area contributed by atoms with Crippen LogP contribution in [0.5, 0.6) is 0 Å². The van der Waals surface area contributed by atoms with Gasteiger partial charge in [-0.05, 0) is 56.3 Å². The summed E-state index contributed by atoms with van der Waals surface area (Å²) in [5, 5.41) is 8.91. The van der Waals surface area contributed by atoms with Gasteiger partial charge in [-0.3, -0.25) is 0 Å². The minimum atomic E-state index is 0.349. The average Bonchev–Trinajstić information content (AvgIpc) is 2.42. The van der Waals surface area contributed by atoms with Gasteiger partial charge < -0.3 is 5.11 Å². The molecule has 1 N–H and O–H groups in total. The topological polar surface area (TPSA) is 20.2 Å². The lowest BCUT2D eigenvalue weighted by atomic mass is 9.68. The first-order valence-electron chi connectivity index (χ1n) is 9.19. The Morgan fingerprint density at radius 3 is 2.48 bits per heavy atom. The highest BCUT2D eigenvalue weighted by atomic mass is 16.3. The van der Waals surface area contributed by atoms with Crippen molar-refractivity contribution in [3.63, 3.8) is 0 Å². The zero-order chi connectivity index (χ0) is 15.9. The molecule has 0 fully saturated rings. The Morgan fingerprint density at radius 2 is 1.81 bits per heavy atom. The molecule has 0 saturated carbocycles. The minimum Gasteiger partial charge on any atom is -0.396 e. The van der Waals surface area contributed by atoms with Crippen LogP contribution < -0.4 is 0 Å². The number of allylic oxidation sites excluding steroid dienone is 2. The molecule has 124 valence electrons. The van der Waals surface area contributed by atoms with Crippen LogP contribution in [0.25, 0.3) is 0 Å². The number of hydrogen-bond donors (Lipinski definition) is 1. The van der Waals surface area contributed by atoms with E-state index in [0.29, 0.717) is 17.9 Å². The summed E-state index contributed by atoms with van der Waals surface area (Å²) in [5.41, 5.74) is 3.88. The van der Waals surface area contributed by atoms with Crippen molar-refractivity contribution in [3.8, 4) is 0 Å². The Hall–Kier alpha value is -0.300. The highest BCUT2D eigenvalue weighted by Gasteiger charge is 2.30. The molecule has 0 amide bonds. The van der Waals surface area contributed by atoms with E-state index in [4.69, 9.17) is 5.11 Å². The molecule has 1 heteroatoms. The molecule has 2 atom stereocenters. The Labute approximate surface area is 133 Å². The molecule has 0 heterocycles. The molecule has 1 aliphatic rings. The first kappa shape index (κ1) is 18.7. The first-order valence-corrected chi connectivity index (χ1v) is 9.19. The van der Waals surface area contributed by atoms with Crippen molar-refractivity contribution >= 4 is 0 Å². The number of unbranched alkanes of at least 4 members (excludes halogenated alkanes) is 3. The largest absolute Gasteiger partial charge is 0.396 e. The van der Waals surface area contributed by atoms with Crippen LogP contribution in [0, 0.1) is 17.3 Å². The van der Waals surface area contributed by atoms with Gasteiger partial charge in [0.25, 0.3) is 0 Å². The van der Waals surface area contributed by atoms with E-state index in [1.807, 2.05) is 0 Å². The predicted molar refractivity (Wildman–Crippen MR) is 93.4 cm³/mol. The number of hydrogen-bond acceptors (Lipinski definition) is 1. The molecule has 0 bridgehead atoms. The second-order valence-corrected chi connectivity index (χ2v) is 8.06. The molecule has 1 aliphatic carbocycles. The zero-order valence-corrected chi connectivity index (χ0v) is 15.2. The van der Waals surface area contributed by atoms with Crippen LogP contribution >= 0.6 is 0 Å². The maximum Gasteiger partial charge on any atom is 0.0433 e. The molecule has 0 aliphatic heterocycles. The van der Waals surface area contributed by atoms with Crippen LogP contribution in [-0.2, 0) is 0 Å². The quantitative estimate of drug-likeness (QED) is 0.401. The number of aliphatic hydroxyl groups excluding tert-OH is 1. The van der Waals surface area contributed by atoms with E-state index < -0.39 is 0 Å². The summed E-state index contributed by atoms with van der Waals surface area (Å²) in [4.78, 5) is 0. The molecule has 0 aromatic heterocycles. The van der Waals surface area contributed by atoms with Crippen molar-refractivity contribution in [3.05, 3.63) is 11.1 Å². The maximum absolute atomic E-state index is 8.91. The lowest BCUT2D eigenvalue weighted by molar-refractivity contribution is 0.256. The summed E-state index contributed by atoms with van der Waals surface area (Å²) in [6.45, 7) is 12.3. The molecule has 0 saturated heterocycles. The maximum atomic E-state index is 8.91. The molecule has 0 radical (unpaired) electrons. The van der Waals surface area contributed by atoms with E-state index in [1.165, 1.54) is 51.4 Å². The van der Waals surface area contributed by atoms with E-state index in [2.05, 4.69) is 34.6 Å². The Kier molecular flexibility index (Phi) is 8.02. The van der Waals surface area contributed by atoms with Crippen molar-refractivity contribution in [2.75, 3.05) is 6.61 Å². The molecular formula is C20H38O. The van der Waals surface area contributed by atoms with Crippen molar-refractivity contribution in [2.24, 2.45) is 17.3 Å². The monoisotopic (exact) mass is 294 g/mol. The van der Waals surface area contributed by atoms with E-state index in [0.717, 1.165) is 12.3 Å². The summed E-state index contributed by atoms with van der Waals surface area (Å²) < 4.78 is 0. The van der Waals surface area contributed by atoms with Gasteiger partial charge in [0.15, 0.2) is 0 Å². The van der Waals surface area contributed by atoms with Gasteiger partial charge in [0.1, 0.15) is 0 Å². The SMILES string of the molecule is CC1=C(CCCCCCC(C)CCO)C(C)(C)CCC1C. The van der Waals surface area contributed by atoms with Gasteiger partial charge in [0, 0.05) is 6.61 Å². The Bertz CT molecular complexity index is 327. The average molecular weight is 295 g/mol. The van der Waals surface area contributed by atoms with Crippen molar-refractivity contribution < 1.29 is 5.11 Å². The standard InChI is InChI=1S/C20H38O/c1-16(13-15-21)10-8-6-7-9-11-19-18(3)17(2)12-14-20(19,4)5/h16-17,21H,6-15H2,1-5H3. The molecule has 0 aromatic rings. The van der Waals surface area contributed by atoms with Gasteiger partial charge in [-0.15, -0.1) is 0 Å². The fourth-order valence-electron chi connectivity index (χ4n) is 3.82. The fourth-order valence-corrected chi connectivity index (χ4v) is 3.82. The predicted octanol–water partition coefficient (Wildman–Crippen LogP) is 6.12. The van der Waals surface area contributed by atoms with Crippen molar-refractivity contribution in [1.29, 1.82) is 0 Å². The van der Waals surface area contributed by atoms with Gasteiger partial charge in [0.05, 0.1) is 0 Å². The number of aliphatic hydroxyl groups is 1. The van der Waals surface area contributed by atoms with Gasteiger partial charge in [0.2, 0.25) is 0 Å². The summed E-state index contributed by atoms with van der Waals surface area (Å²) in [6.07, 6.45) is 11.7. The fraction of sp³-hybridized carbons (Fsp3) is 0.900. The minimum absolute atomic E-state index is 0.349. The van der Waals surface area contributed by atoms with Crippen LogP contribution in [0.4, 0.5) is 0 Å². The third-order valence-corrected chi connectivity index (χ3v) is 5.73. The Morgan fingerprint density at radius 1 is 1.14 bits per heavy atom. The normalized spacial score (nSPS) is 23.4.